The highest BCUT2D eigenvalue weighted by Gasteiger charge is 2.39. The summed E-state index contributed by atoms with van der Waals surface area (Å²) in [7, 11) is 0. The van der Waals surface area contributed by atoms with Crippen molar-refractivity contribution in [3.8, 4) is 11.1 Å². The lowest BCUT2D eigenvalue weighted by Gasteiger charge is -2.39. The van der Waals surface area contributed by atoms with Gasteiger partial charge in [0.15, 0.2) is 11.6 Å². The summed E-state index contributed by atoms with van der Waals surface area (Å²) in [5.74, 6) is 0.232. The molecule has 3 aromatic rings. The molecule has 12 heteroatoms. The van der Waals surface area contributed by atoms with Crippen LogP contribution in [0, 0.1) is 30.5 Å². The summed E-state index contributed by atoms with van der Waals surface area (Å²) >= 11 is 0. The maximum atomic E-state index is 15.1. The van der Waals surface area contributed by atoms with Gasteiger partial charge in [0.25, 0.3) is 0 Å². The maximum absolute atomic E-state index is 15.1. The predicted molar refractivity (Wildman–Crippen MR) is 277 cm³/mol. The molecule has 70 heavy (non-hydrogen) atoms. The number of allylic oxidation sites excluding steroid dienone is 5. The van der Waals surface area contributed by atoms with E-state index in [1.807, 2.05) is 83.7 Å². The SMILES string of the molecule is CCCC(=O)CCC(C)C(C)=O.C\C=C(/C=C(\C(=C\CCC)N1CCC(CCN2CCN(c3ccc(C(C)=O)c(C(=O)C(C)C)c3)CC2)CC1)C(F)(F)F)c1ccc(-c2cncc(F)c2CC)c(C)c1. The third-order valence-corrected chi connectivity index (χ3v) is 13.8. The number of carbonyl (C=O) groups excluding carboxylic acids is 4. The second-order valence-electron chi connectivity index (χ2n) is 19.4. The van der Waals surface area contributed by atoms with Crippen molar-refractivity contribution in [1.82, 2.24) is 14.8 Å². The molecule has 1 aromatic heterocycles. The Kier molecular flexibility index (Phi) is 22.4. The molecule has 2 aliphatic rings. The average Bonchev–Trinajstić information content (AvgIpc) is 3.33. The molecule has 2 saturated heterocycles. The van der Waals surface area contributed by atoms with Crippen molar-refractivity contribution < 1.29 is 36.7 Å². The van der Waals surface area contributed by atoms with Crippen molar-refractivity contribution in [3.05, 3.63) is 112 Å². The van der Waals surface area contributed by atoms with Crippen LogP contribution in [-0.4, -0.2) is 89.9 Å². The number of piperidine rings is 1. The van der Waals surface area contributed by atoms with E-state index in [-0.39, 0.29) is 46.5 Å². The van der Waals surface area contributed by atoms with Gasteiger partial charge in [-0.3, -0.25) is 29.1 Å². The first-order valence-corrected chi connectivity index (χ1v) is 25.6. The highest BCUT2D eigenvalue weighted by molar-refractivity contribution is 6.09. The van der Waals surface area contributed by atoms with Crippen LogP contribution in [0.4, 0.5) is 23.2 Å². The third-order valence-electron chi connectivity index (χ3n) is 13.8. The number of rotatable bonds is 21. The molecule has 0 amide bonds. The van der Waals surface area contributed by atoms with Gasteiger partial charge in [0, 0.05) is 98.2 Å². The highest BCUT2D eigenvalue weighted by Crippen LogP contribution is 2.39. The van der Waals surface area contributed by atoms with Gasteiger partial charge in [-0.2, -0.15) is 13.2 Å². The Morgan fingerprint density at radius 3 is 2.09 bits per heavy atom. The maximum Gasteiger partial charge on any atom is 0.418 e. The molecule has 0 bridgehead atoms. The van der Waals surface area contributed by atoms with E-state index in [4.69, 9.17) is 0 Å². The Morgan fingerprint density at radius 2 is 1.53 bits per heavy atom. The highest BCUT2D eigenvalue weighted by atomic mass is 19.4. The Hall–Kier alpha value is -5.23. The molecule has 8 nitrogen and oxygen atoms in total. The van der Waals surface area contributed by atoms with Gasteiger partial charge in [0.05, 0.1) is 11.8 Å². The number of halogens is 4. The zero-order chi connectivity index (χ0) is 51.7. The van der Waals surface area contributed by atoms with Crippen LogP contribution in [0.2, 0.25) is 0 Å². The molecule has 0 radical (unpaired) electrons. The number of aryl methyl sites for hydroxylation is 1. The molecule has 2 aromatic carbocycles. The summed E-state index contributed by atoms with van der Waals surface area (Å²) in [5, 5.41) is 0. The number of alkyl halides is 3. The number of carbonyl (C=O) groups is 4. The lowest BCUT2D eigenvalue weighted by molar-refractivity contribution is -0.121. The largest absolute Gasteiger partial charge is 0.418 e. The Morgan fingerprint density at radius 1 is 0.843 bits per heavy atom. The number of pyridine rings is 1. The fraction of sp³-hybridized carbons (Fsp3) is 0.534. The number of hydrogen-bond donors (Lipinski definition) is 0. The number of nitrogens with zero attached hydrogens (tertiary/aromatic N) is 4. The standard InChI is InChI=1S/C48H60F4N4O2.C10H18O2/c1-8-11-12-46(44(48(50,51)52)28-36(9-2)37-13-15-40(33(6)27-37)43-30-53-31-45(49)39(43)10-3)56-21-18-35(19-22-56)17-20-54-23-25-55(26-24-54)38-14-16-41(34(7)57)42(29-38)47(58)32(4)5;1-4-5-10(12)7-6-8(2)9(3)11/h9,12-16,27-32,35H,8,10-11,17-26H2,1-7H3;8H,4-7H2,1-3H3/b36-9+,44-28+,46-12-;. The van der Waals surface area contributed by atoms with Crippen molar-refractivity contribution in [2.45, 2.75) is 140 Å². The van der Waals surface area contributed by atoms with Crippen LogP contribution in [0.3, 0.4) is 0 Å². The second kappa shape index (κ2) is 27.4. The molecular formula is C58H78F4N4O4. The Bertz CT molecular complexity index is 2350. The minimum Gasteiger partial charge on any atom is -0.371 e. The number of piperazine rings is 1. The number of benzene rings is 2. The summed E-state index contributed by atoms with van der Waals surface area (Å²) < 4.78 is 59.8. The van der Waals surface area contributed by atoms with Crippen molar-refractivity contribution in [1.29, 1.82) is 0 Å². The van der Waals surface area contributed by atoms with Gasteiger partial charge >= 0.3 is 6.18 Å². The van der Waals surface area contributed by atoms with Crippen LogP contribution < -0.4 is 4.90 Å². The van der Waals surface area contributed by atoms with E-state index in [2.05, 4.69) is 14.8 Å². The van der Waals surface area contributed by atoms with E-state index >= 15 is 13.2 Å². The minimum absolute atomic E-state index is 0.0258. The zero-order valence-corrected chi connectivity index (χ0v) is 43.5. The molecule has 0 spiro atoms. The van der Waals surface area contributed by atoms with Gasteiger partial charge in [0.1, 0.15) is 17.4 Å². The molecule has 382 valence electrons. The van der Waals surface area contributed by atoms with Gasteiger partial charge in [-0.1, -0.05) is 78.3 Å². The molecule has 2 fully saturated rings. The normalized spacial score (nSPS) is 16.0. The number of ketones is 4. The van der Waals surface area contributed by atoms with E-state index in [0.29, 0.717) is 84.5 Å². The zero-order valence-electron chi connectivity index (χ0n) is 43.5. The predicted octanol–water partition coefficient (Wildman–Crippen LogP) is 13.7. The molecule has 0 N–H and O–H groups in total. The lowest BCUT2D eigenvalue weighted by Crippen LogP contribution is -2.47. The second-order valence-corrected chi connectivity index (χ2v) is 19.4. The molecule has 0 saturated carbocycles. The summed E-state index contributed by atoms with van der Waals surface area (Å²) in [5.41, 5.74) is 5.59. The van der Waals surface area contributed by atoms with Crippen molar-refractivity contribution in [2.75, 3.05) is 50.7 Å². The van der Waals surface area contributed by atoms with Crippen molar-refractivity contribution >= 4 is 34.4 Å². The number of Topliss-reactive ketones (excluding diaryl/α,β-unsaturated/α-hetero) is 4. The third kappa shape index (κ3) is 16.2. The topological polar surface area (TPSA) is 90.9 Å². The van der Waals surface area contributed by atoms with Crippen LogP contribution >= 0.6 is 0 Å². The summed E-state index contributed by atoms with van der Waals surface area (Å²) in [6, 6.07) is 11.1. The first-order chi connectivity index (χ1) is 33.2. The fourth-order valence-corrected chi connectivity index (χ4v) is 9.27. The monoisotopic (exact) mass is 971 g/mol. The van der Waals surface area contributed by atoms with Gasteiger partial charge < -0.3 is 9.80 Å². The van der Waals surface area contributed by atoms with Crippen LogP contribution in [0.5, 0.6) is 0 Å². The van der Waals surface area contributed by atoms with E-state index in [1.165, 1.54) is 19.2 Å². The van der Waals surface area contributed by atoms with Gasteiger partial charge in [-0.15, -0.1) is 0 Å². The van der Waals surface area contributed by atoms with Gasteiger partial charge in [0.2, 0.25) is 0 Å². The summed E-state index contributed by atoms with van der Waals surface area (Å²) in [6.45, 7) is 23.6. The number of hydrogen-bond acceptors (Lipinski definition) is 8. The Balaban J connectivity index is 0.000000782. The average molecular weight is 971 g/mol. The molecule has 1 atom stereocenters. The van der Waals surface area contributed by atoms with Crippen molar-refractivity contribution in [3.63, 3.8) is 0 Å². The Labute approximate surface area is 415 Å². The van der Waals surface area contributed by atoms with E-state index in [0.717, 1.165) is 81.6 Å². The molecular weight excluding hydrogens is 893 g/mol. The van der Waals surface area contributed by atoms with Gasteiger partial charge in [-0.05, 0) is 137 Å². The molecule has 1 unspecified atom stereocenters. The molecule has 0 aliphatic carbocycles. The number of anilines is 1. The van der Waals surface area contributed by atoms with Crippen LogP contribution in [0.1, 0.15) is 158 Å². The first kappa shape index (κ1) is 57.3. The number of aromatic nitrogens is 1. The molecule has 2 aliphatic heterocycles. The van der Waals surface area contributed by atoms with E-state index in [1.54, 1.807) is 38.3 Å². The van der Waals surface area contributed by atoms with Gasteiger partial charge in [-0.25, -0.2) is 4.39 Å². The van der Waals surface area contributed by atoms with Crippen LogP contribution in [-0.2, 0) is 16.0 Å². The fourth-order valence-electron chi connectivity index (χ4n) is 9.27. The first-order valence-electron chi connectivity index (χ1n) is 25.6. The summed E-state index contributed by atoms with van der Waals surface area (Å²) in [6.07, 6.45) is 10.4. The minimum atomic E-state index is -4.56. The number of unbranched alkanes of at least 4 members (excludes halogenated alkanes) is 1. The van der Waals surface area contributed by atoms with Crippen LogP contribution in [0.25, 0.3) is 16.7 Å². The molecule has 3 heterocycles. The van der Waals surface area contributed by atoms with E-state index in [9.17, 15) is 23.6 Å². The number of likely N-dealkylation sites (tertiary alicyclic amines) is 1. The lowest BCUT2D eigenvalue weighted by atomic mass is 9.91. The van der Waals surface area contributed by atoms with Crippen molar-refractivity contribution in [2.24, 2.45) is 17.8 Å². The summed E-state index contributed by atoms with van der Waals surface area (Å²) in [4.78, 5) is 57.7. The van der Waals surface area contributed by atoms with Crippen LogP contribution in [0.15, 0.2) is 78.3 Å². The smallest absolute Gasteiger partial charge is 0.371 e. The quantitative estimate of drug-likeness (QED) is 0.0592. The molecule has 5 rings (SSSR count). The van der Waals surface area contributed by atoms with E-state index < -0.39 is 11.7 Å².